The first kappa shape index (κ1) is 12.2. The van der Waals surface area contributed by atoms with Crippen LogP contribution in [0.4, 0.5) is 4.39 Å². The number of carbonyl (C=O) groups excluding carboxylic acids is 1. The third-order valence-corrected chi connectivity index (χ3v) is 4.15. The highest BCUT2D eigenvalue weighted by atomic mass is 19.1. The van der Waals surface area contributed by atoms with Crippen LogP contribution in [0, 0.1) is 11.7 Å². The number of carbonyl (C=O) groups is 1. The lowest BCUT2D eigenvalue weighted by molar-refractivity contribution is -0.122. The smallest absolute Gasteiger partial charge is 0.220 e. The second kappa shape index (κ2) is 4.37. The minimum Gasteiger partial charge on any atom is -0.369 e. The number of aryl methyl sites for hydroxylation is 1. The number of hydrogen-bond donors (Lipinski definition) is 1. The molecule has 0 saturated heterocycles. The summed E-state index contributed by atoms with van der Waals surface area (Å²) < 4.78 is 15.7. The number of benzene rings is 1. The van der Waals surface area contributed by atoms with Crippen LogP contribution in [0.3, 0.4) is 0 Å². The number of rotatable bonds is 2. The summed E-state index contributed by atoms with van der Waals surface area (Å²) in [5.74, 6) is -0.601. The lowest BCUT2D eigenvalue weighted by atomic mass is 9.86. The molecule has 1 amide bonds. The molecule has 0 saturated carbocycles. The van der Waals surface area contributed by atoms with Crippen molar-refractivity contribution in [2.75, 3.05) is 0 Å². The fraction of sp³-hybridized carbons (Fsp3) is 0.400. The maximum atomic E-state index is 13.5. The monoisotopic (exact) mass is 260 g/mol. The Labute approximate surface area is 111 Å². The van der Waals surface area contributed by atoms with Crippen LogP contribution >= 0.6 is 0 Å². The largest absolute Gasteiger partial charge is 0.369 e. The Hall–Kier alpha value is -1.84. The molecule has 1 unspecified atom stereocenters. The van der Waals surface area contributed by atoms with Crippen LogP contribution in [0.2, 0.25) is 0 Å². The molecule has 0 spiro atoms. The van der Waals surface area contributed by atoms with E-state index in [1.165, 1.54) is 11.8 Å². The Morgan fingerprint density at radius 2 is 2.32 bits per heavy atom. The number of aromatic nitrogens is 1. The summed E-state index contributed by atoms with van der Waals surface area (Å²) in [4.78, 5) is 11.4. The molecule has 1 aromatic carbocycles. The quantitative estimate of drug-likeness (QED) is 0.885. The van der Waals surface area contributed by atoms with Gasteiger partial charge in [-0.1, -0.05) is 0 Å². The molecule has 0 bridgehead atoms. The van der Waals surface area contributed by atoms with E-state index in [4.69, 9.17) is 5.73 Å². The first-order chi connectivity index (χ1) is 9.11. The van der Waals surface area contributed by atoms with E-state index in [0.29, 0.717) is 6.42 Å². The molecule has 1 heterocycles. The third-order valence-electron chi connectivity index (χ3n) is 4.15. The van der Waals surface area contributed by atoms with Crippen molar-refractivity contribution in [1.29, 1.82) is 0 Å². The highest BCUT2D eigenvalue weighted by molar-refractivity contribution is 5.87. The second-order valence-electron chi connectivity index (χ2n) is 5.17. The lowest BCUT2D eigenvalue weighted by Crippen LogP contribution is -2.28. The summed E-state index contributed by atoms with van der Waals surface area (Å²) in [5, 5.41) is 0.933. The Morgan fingerprint density at radius 1 is 1.53 bits per heavy atom. The molecule has 100 valence electrons. The van der Waals surface area contributed by atoms with E-state index in [1.54, 1.807) is 6.07 Å². The van der Waals surface area contributed by atoms with Crippen LogP contribution in [0.25, 0.3) is 10.9 Å². The van der Waals surface area contributed by atoms with E-state index in [2.05, 4.69) is 11.5 Å². The fourth-order valence-electron chi connectivity index (χ4n) is 3.23. The molecular formula is C15H17FN2O. The molecule has 0 fully saturated rings. The summed E-state index contributed by atoms with van der Waals surface area (Å²) in [7, 11) is 0. The maximum absolute atomic E-state index is 13.5. The predicted molar refractivity (Wildman–Crippen MR) is 72.3 cm³/mol. The van der Waals surface area contributed by atoms with Crippen molar-refractivity contribution in [1.82, 2.24) is 4.57 Å². The molecule has 1 atom stereocenters. The molecule has 1 aliphatic carbocycles. The Morgan fingerprint density at radius 3 is 3.00 bits per heavy atom. The van der Waals surface area contributed by atoms with E-state index in [1.807, 2.05) is 6.07 Å². The minimum absolute atomic E-state index is 0.119. The summed E-state index contributed by atoms with van der Waals surface area (Å²) in [6, 6.07) is 4.89. The second-order valence-corrected chi connectivity index (χ2v) is 5.17. The van der Waals surface area contributed by atoms with Crippen LogP contribution < -0.4 is 5.73 Å². The van der Waals surface area contributed by atoms with Crippen molar-refractivity contribution >= 4 is 16.8 Å². The summed E-state index contributed by atoms with van der Waals surface area (Å²) in [6.45, 7) is 2.95. The number of amides is 1. The Kier molecular flexibility index (Phi) is 2.81. The standard InChI is InChI=1S/C15H17FN2O/c1-2-18-13-5-3-9(15(17)19)7-11(13)12-8-10(16)4-6-14(12)18/h4,6,8-9H,2-3,5,7H2,1H3,(H2,17,19). The van der Waals surface area contributed by atoms with Gasteiger partial charge in [-0.25, -0.2) is 4.39 Å². The number of halogens is 1. The van der Waals surface area contributed by atoms with Crippen LogP contribution in [0.15, 0.2) is 18.2 Å². The molecule has 3 nitrogen and oxygen atoms in total. The molecule has 3 rings (SSSR count). The number of hydrogen-bond acceptors (Lipinski definition) is 1. The van der Waals surface area contributed by atoms with Gasteiger partial charge in [-0.05, 0) is 49.9 Å². The zero-order chi connectivity index (χ0) is 13.6. The van der Waals surface area contributed by atoms with E-state index in [-0.39, 0.29) is 17.6 Å². The first-order valence-corrected chi connectivity index (χ1v) is 6.70. The van der Waals surface area contributed by atoms with E-state index >= 15 is 0 Å². The number of primary amides is 1. The number of nitrogens with zero attached hydrogens (tertiary/aromatic N) is 1. The molecule has 4 heteroatoms. The van der Waals surface area contributed by atoms with Gasteiger partial charge in [-0.15, -0.1) is 0 Å². The van der Waals surface area contributed by atoms with Crippen molar-refractivity contribution in [3.63, 3.8) is 0 Å². The minimum atomic E-state index is -0.251. The van der Waals surface area contributed by atoms with Gasteiger partial charge in [0.05, 0.1) is 0 Å². The van der Waals surface area contributed by atoms with Crippen molar-refractivity contribution in [3.8, 4) is 0 Å². The summed E-state index contributed by atoms with van der Waals surface area (Å²) >= 11 is 0. The van der Waals surface area contributed by atoms with Gasteiger partial charge in [0, 0.05) is 29.1 Å². The molecule has 1 aromatic heterocycles. The summed E-state index contributed by atoms with van der Waals surface area (Å²) in [6.07, 6.45) is 2.27. The number of fused-ring (bicyclic) bond motifs is 3. The van der Waals surface area contributed by atoms with Gasteiger partial charge in [0.25, 0.3) is 0 Å². The first-order valence-electron chi connectivity index (χ1n) is 6.70. The average molecular weight is 260 g/mol. The normalized spacial score (nSPS) is 18.5. The zero-order valence-corrected chi connectivity index (χ0v) is 10.9. The van der Waals surface area contributed by atoms with Crippen LogP contribution in [-0.4, -0.2) is 10.5 Å². The molecular weight excluding hydrogens is 243 g/mol. The number of nitrogens with two attached hydrogens (primary N) is 1. The highest BCUT2D eigenvalue weighted by Gasteiger charge is 2.27. The molecule has 2 aromatic rings. The van der Waals surface area contributed by atoms with Gasteiger partial charge in [-0.3, -0.25) is 4.79 Å². The van der Waals surface area contributed by atoms with Crippen molar-refractivity contribution in [3.05, 3.63) is 35.3 Å². The Bertz CT molecular complexity index is 660. The fourth-order valence-corrected chi connectivity index (χ4v) is 3.23. The maximum Gasteiger partial charge on any atom is 0.220 e. The lowest BCUT2D eigenvalue weighted by Gasteiger charge is -2.21. The Balaban J connectivity index is 2.22. The van der Waals surface area contributed by atoms with Crippen molar-refractivity contribution < 1.29 is 9.18 Å². The molecule has 0 aliphatic heterocycles. The van der Waals surface area contributed by atoms with Crippen LogP contribution in [0.5, 0.6) is 0 Å². The average Bonchev–Trinajstić information content (AvgIpc) is 2.71. The van der Waals surface area contributed by atoms with Crippen LogP contribution in [0.1, 0.15) is 24.6 Å². The van der Waals surface area contributed by atoms with Gasteiger partial charge < -0.3 is 10.3 Å². The zero-order valence-electron chi connectivity index (χ0n) is 10.9. The third kappa shape index (κ3) is 1.82. The van der Waals surface area contributed by atoms with Crippen molar-refractivity contribution in [2.45, 2.75) is 32.7 Å². The highest BCUT2D eigenvalue weighted by Crippen LogP contribution is 2.34. The van der Waals surface area contributed by atoms with Crippen molar-refractivity contribution in [2.24, 2.45) is 11.7 Å². The van der Waals surface area contributed by atoms with Gasteiger partial charge in [0.15, 0.2) is 0 Å². The van der Waals surface area contributed by atoms with Gasteiger partial charge in [0.1, 0.15) is 5.82 Å². The molecule has 19 heavy (non-hydrogen) atoms. The molecule has 1 aliphatic rings. The van der Waals surface area contributed by atoms with E-state index < -0.39 is 0 Å². The predicted octanol–water partition coefficient (Wildman–Crippen LogP) is 2.39. The topological polar surface area (TPSA) is 48.0 Å². The van der Waals surface area contributed by atoms with E-state index in [0.717, 1.165) is 35.9 Å². The van der Waals surface area contributed by atoms with Crippen LogP contribution in [-0.2, 0) is 24.2 Å². The van der Waals surface area contributed by atoms with E-state index in [9.17, 15) is 9.18 Å². The van der Waals surface area contributed by atoms with Gasteiger partial charge in [0.2, 0.25) is 5.91 Å². The van der Waals surface area contributed by atoms with Gasteiger partial charge in [-0.2, -0.15) is 0 Å². The summed E-state index contributed by atoms with van der Waals surface area (Å²) in [5.41, 5.74) is 8.81. The molecule has 2 N–H and O–H groups in total. The van der Waals surface area contributed by atoms with Gasteiger partial charge >= 0.3 is 0 Å². The SMILES string of the molecule is CCn1c2c(c3cc(F)ccc31)CC(C(N)=O)CC2. The molecule has 0 radical (unpaired) electrons.